The molecular weight excluding hydrogens is 448 g/mol. The van der Waals surface area contributed by atoms with Gasteiger partial charge >= 0.3 is 11.8 Å². The smallest absolute Gasteiger partial charge is 0.329 e. The van der Waals surface area contributed by atoms with Crippen molar-refractivity contribution < 1.29 is 19.2 Å². The van der Waals surface area contributed by atoms with Crippen LogP contribution in [0.1, 0.15) is 16.7 Å². The Balaban J connectivity index is 1.42. The molecule has 0 aliphatic carbocycles. The Morgan fingerprint density at radius 1 is 0.939 bits per heavy atom. The van der Waals surface area contributed by atoms with Crippen molar-refractivity contribution in [1.82, 2.24) is 10.7 Å². The van der Waals surface area contributed by atoms with Crippen LogP contribution in [-0.4, -0.2) is 23.0 Å². The maximum absolute atomic E-state index is 11.8. The summed E-state index contributed by atoms with van der Waals surface area (Å²) in [6.45, 7) is 0.446. The van der Waals surface area contributed by atoms with Crippen LogP contribution in [0.4, 0.5) is 5.69 Å². The zero-order valence-electron chi connectivity index (χ0n) is 17.2. The first kappa shape index (κ1) is 23.4. The molecule has 0 heterocycles. The Bertz CT molecular complexity index is 1150. The third-order valence-corrected chi connectivity index (χ3v) is 4.64. The third kappa shape index (κ3) is 7.44. The van der Waals surface area contributed by atoms with Gasteiger partial charge in [-0.2, -0.15) is 5.10 Å². The lowest BCUT2D eigenvalue weighted by atomic mass is 10.2. The summed E-state index contributed by atoms with van der Waals surface area (Å²) in [6.07, 6.45) is 1.39. The standard InChI is InChI=1S/C23H19ClN4O5/c24-19-7-1-16(2-8-19)13-25-22(29)23(30)27-26-14-17-5-11-21(12-6-17)33-15-18-3-9-20(10-4-18)28(31)32/h1-12,14H,13,15H2,(H,25,29)(H,27,30). The second kappa shape index (κ2) is 11.4. The molecule has 0 aliphatic rings. The molecule has 9 nitrogen and oxygen atoms in total. The fourth-order valence-corrected chi connectivity index (χ4v) is 2.74. The Labute approximate surface area is 194 Å². The van der Waals surface area contributed by atoms with Crippen molar-refractivity contribution in [3.8, 4) is 5.75 Å². The minimum absolute atomic E-state index is 0.0218. The second-order valence-corrected chi connectivity index (χ2v) is 7.23. The molecule has 3 aromatic rings. The first-order valence-corrected chi connectivity index (χ1v) is 10.1. The van der Waals surface area contributed by atoms with E-state index in [2.05, 4.69) is 15.8 Å². The third-order valence-electron chi connectivity index (χ3n) is 4.39. The fraction of sp³-hybridized carbons (Fsp3) is 0.0870. The number of ether oxygens (including phenoxy) is 1. The molecule has 0 aromatic heterocycles. The number of nitro benzene ring substituents is 1. The van der Waals surface area contributed by atoms with Crippen molar-refractivity contribution >= 4 is 35.3 Å². The van der Waals surface area contributed by atoms with Gasteiger partial charge < -0.3 is 10.1 Å². The molecular formula is C23H19ClN4O5. The quantitative estimate of drug-likeness (QED) is 0.227. The Hall–Kier alpha value is -4.24. The molecule has 0 bridgehead atoms. The van der Waals surface area contributed by atoms with Crippen molar-refractivity contribution in [3.05, 3.63) is 105 Å². The van der Waals surface area contributed by atoms with Crippen LogP contribution < -0.4 is 15.5 Å². The second-order valence-electron chi connectivity index (χ2n) is 6.79. The number of carbonyl (C=O) groups excluding carboxylic acids is 2. The zero-order chi connectivity index (χ0) is 23.6. The molecule has 0 aliphatic heterocycles. The van der Waals surface area contributed by atoms with Crippen LogP contribution in [0.2, 0.25) is 5.02 Å². The number of nitrogens with zero attached hydrogens (tertiary/aromatic N) is 2. The maximum Gasteiger partial charge on any atom is 0.329 e. The van der Waals surface area contributed by atoms with Crippen molar-refractivity contribution in [2.75, 3.05) is 0 Å². The highest BCUT2D eigenvalue weighted by Gasteiger charge is 2.11. The summed E-state index contributed by atoms with van der Waals surface area (Å²) in [4.78, 5) is 33.9. The Morgan fingerprint density at radius 3 is 2.21 bits per heavy atom. The molecule has 0 saturated carbocycles. The van der Waals surface area contributed by atoms with Crippen molar-refractivity contribution in [3.63, 3.8) is 0 Å². The summed E-state index contributed by atoms with van der Waals surface area (Å²) in [6, 6.07) is 19.9. The van der Waals surface area contributed by atoms with Crippen molar-refractivity contribution in [1.29, 1.82) is 0 Å². The van der Waals surface area contributed by atoms with E-state index in [9.17, 15) is 19.7 Å². The van der Waals surface area contributed by atoms with Crippen LogP contribution in [0.15, 0.2) is 77.9 Å². The SMILES string of the molecule is O=C(NCc1ccc(Cl)cc1)C(=O)NN=Cc1ccc(OCc2ccc([N+](=O)[O-])cc2)cc1. The van der Waals surface area contributed by atoms with Gasteiger partial charge in [-0.15, -0.1) is 0 Å². The van der Waals surface area contributed by atoms with E-state index in [1.54, 1.807) is 60.7 Å². The molecule has 0 spiro atoms. The number of carbonyl (C=O) groups is 2. The van der Waals surface area contributed by atoms with Gasteiger partial charge in [-0.3, -0.25) is 19.7 Å². The highest BCUT2D eigenvalue weighted by atomic mass is 35.5. The van der Waals surface area contributed by atoms with Crippen LogP contribution in [0.3, 0.4) is 0 Å². The number of benzene rings is 3. The summed E-state index contributed by atoms with van der Waals surface area (Å²) in [5.74, 6) is -1.10. The number of nitrogens with one attached hydrogen (secondary N) is 2. The van der Waals surface area contributed by atoms with Gasteiger partial charge in [-0.1, -0.05) is 23.7 Å². The summed E-state index contributed by atoms with van der Waals surface area (Å²) < 4.78 is 5.65. The van der Waals surface area contributed by atoms with E-state index in [1.165, 1.54) is 18.3 Å². The highest BCUT2D eigenvalue weighted by Crippen LogP contribution is 2.16. The number of halogens is 1. The van der Waals surface area contributed by atoms with E-state index in [0.29, 0.717) is 16.3 Å². The first-order chi connectivity index (χ1) is 15.9. The number of rotatable bonds is 8. The van der Waals surface area contributed by atoms with Gasteiger partial charge in [0.05, 0.1) is 11.1 Å². The van der Waals surface area contributed by atoms with Gasteiger partial charge in [0.1, 0.15) is 12.4 Å². The summed E-state index contributed by atoms with van der Waals surface area (Å²) >= 11 is 5.80. The summed E-state index contributed by atoms with van der Waals surface area (Å²) in [7, 11) is 0. The lowest BCUT2D eigenvalue weighted by molar-refractivity contribution is -0.384. The first-order valence-electron chi connectivity index (χ1n) is 9.72. The molecule has 10 heteroatoms. The van der Waals surface area contributed by atoms with Gasteiger partial charge in [-0.05, 0) is 65.2 Å². The normalized spacial score (nSPS) is 10.6. The average Bonchev–Trinajstić information content (AvgIpc) is 2.83. The number of non-ortho nitro benzene ring substituents is 1. The number of nitro groups is 1. The van der Waals surface area contributed by atoms with E-state index in [4.69, 9.17) is 16.3 Å². The molecule has 2 amide bonds. The largest absolute Gasteiger partial charge is 0.489 e. The van der Waals surface area contributed by atoms with Gasteiger partial charge in [0, 0.05) is 23.7 Å². The number of amides is 2. The molecule has 0 atom stereocenters. The molecule has 0 radical (unpaired) electrons. The van der Waals surface area contributed by atoms with Crippen molar-refractivity contribution in [2.24, 2.45) is 5.10 Å². The lowest BCUT2D eigenvalue weighted by Gasteiger charge is -2.06. The van der Waals surface area contributed by atoms with E-state index in [-0.39, 0.29) is 18.8 Å². The molecule has 3 aromatic carbocycles. The van der Waals surface area contributed by atoms with Crippen LogP contribution in [0, 0.1) is 10.1 Å². The lowest BCUT2D eigenvalue weighted by Crippen LogP contribution is -2.37. The summed E-state index contributed by atoms with van der Waals surface area (Å²) in [5.41, 5.74) is 4.47. The predicted molar refractivity (Wildman–Crippen MR) is 123 cm³/mol. The topological polar surface area (TPSA) is 123 Å². The van der Waals surface area contributed by atoms with Gasteiger partial charge in [0.2, 0.25) is 0 Å². The minimum Gasteiger partial charge on any atom is -0.489 e. The molecule has 33 heavy (non-hydrogen) atoms. The molecule has 0 unspecified atom stereocenters. The minimum atomic E-state index is -0.886. The van der Waals surface area contributed by atoms with E-state index in [0.717, 1.165) is 11.1 Å². The van der Waals surface area contributed by atoms with Gasteiger partial charge in [0.25, 0.3) is 5.69 Å². The monoisotopic (exact) mass is 466 g/mol. The van der Waals surface area contributed by atoms with E-state index < -0.39 is 16.7 Å². The summed E-state index contributed by atoms with van der Waals surface area (Å²) in [5, 5.41) is 17.5. The van der Waals surface area contributed by atoms with E-state index in [1.807, 2.05) is 0 Å². The van der Waals surface area contributed by atoms with Crippen LogP contribution in [0.25, 0.3) is 0 Å². The maximum atomic E-state index is 11.8. The van der Waals surface area contributed by atoms with Crippen LogP contribution >= 0.6 is 11.6 Å². The molecule has 168 valence electrons. The molecule has 0 saturated heterocycles. The highest BCUT2D eigenvalue weighted by molar-refractivity contribution is 6.35. The predicted octanol–water partition coefficient (Wildman–Crippen LogP) is 3.59. The van der Waals surface area contributed by atoms with Crippen molar-refractivity contribution in [2.45, 2.75) is 13.2 Å². The number of hydrogen-bond donors (Lipinski definition) is 2. The van der Waals surface area contributed by atoms with Gasteiger partial charge in [-0.25, -0.2) is 5.43 Å². The average molecular weight is 467 g/mol. The molecule has 0 fully saturated rings. The van der Waals surface area contributed by atoms with Gasteiger partial charge in [0.15, 0.2) is 0 Å². The van der Waals surface area contributed by atoms with Crippen LogP contribution in [-0.2, 0) is 22.7 Å². The fourth-order valence-electron chi connectivity index (χ4n) is 2.61. The number of hydrazone groups is 1. The Kier molecular flexibility index (Phi) is 8.09. The molecule has 3 rings (SSSR count). The number of hydrogen-bond acceptors (Lipinski definition) is 6. The molecule has 2 N–H and O–H groups in total. The Morgan fingerprint density at radius 2 is 1.58 bits per heavy atom. The van der Waals surface area contributed by atoms with E-state index >= 15 is 0 Å². The van der Waals surface area contributed by atoms with Crippen LogP contribution in [0.5, 0.6) is 5.75 Å². The zero-order valence-corrected chi connectivity index (χ0v) is 18.0.